The first-order chi connectivity index (χ1) is 9.29. The van der Waals surface area contributed by atoms with E-state index in [4.69, 9.17) is 10.7 Å². The van der Waals surface area contributed by atoms with Crippen LogP contribution in [-0.4, -0.2) is 23.2 Å². The normalized spacial score (nSPS) is 24.2. The van der Waals surface area contributed by atoms with Gasteiger partial charge >= 0.3 is 0 Å². The van der Waals surface area contributed by atoms with Crippen molar-refractivity contribution in [3.05, 3.63) is 5.82 Å². The molecule has 0 aromatic carbocycles. The lowest BCUT2D eigenvalue weighted by atomic mass is 9.82. The summed E-state index contributed by atoms with van der Waals surface area (Å²) in [5.41, 5.74) is 0. The van der Waals surface area contributed by atoms with Gasteiger partial charge in [0, 0.05) is 23.1 Å². The fourth-order valence-electron chi connectivity index (χ4n) is 2.84. The van der Waals surface area contributed by atoms with Crippen molar-refractivity contribution in [2.24, 2.45) is 11.8 Å². The molecule has 1 saturated carbocycles. The predicted octanol–water partition coefficient (Wildman–Crippen LogP) is 3.16. The summed E-state index contributed by atoms with van der Waals surface area (Å²) in [6.45, 7) is 6.91. The van der Waals surface area contributed by atoms with Crippen molar-refractivity contribution in [1.29, 1.82) is 0 Å². The van der Waals surface area contributed by atoms with Gasteiger partial charge in [-0.3, -0.25) is 0 Å². The van der Waals surface area contributed by atoms with Crippen LogP contribution in [-0.2, 0) is 15.6 Å². The zero-order chi connectivity index (χ0) is 14.9. The van der Waals surface area contributed by atoms with Crippen LogP contribution < -0.4 is 0 Å². The monoisotopic (exact) mass is 319 g/mol. The smallest absolute Gasteiger partial charge is 0.296 e. The third kappa shape index (κ3) is 3.52. The van der Waals surface area contributed by atoms with E-state index in [0.717, 1.165) is 37.4 Å². The van der Waals surface area contributed by atoms with E-state index in [1.807, 2.05) is 13.8 Å². The van der Waals surface area contributed by atoms with E-state index in [2.05, 4.69) is 17.1 Å². The van der Waals surface area contributed by atoms with Gasteiger partial charge in [0.25, 0.3) is 14.2 Å². The summed E-state index contributed by atoms with van der Waals surface area (Å²) in [5.74, 6) is 2.13. The first kappa shape index (κ1) is 15.8. The van der Waals surface area contributed by atoms with Crippen molar-refractivity contribution >= 4 is 19.7 Å². The van der Waals surface area contributed by atoms with Crippen LogP contribution in [0.15, 0.2) is 5.16 Å². The molecule has 0 radical (unpaired) electrons. The summed E-state index contributed by atoms with van der Waals surface area (Å²) in [4.78, 5) is 0. The van der Waals surface area contributed by atoms with Crippen LogP contribution in [0.4, 0.5) is 0 Å². The molecule has 0 amide bonds. The van der Waals surface area contributed by atoms with Crippen molar-refractivity contribution in [3.8, 4) is 0 Å². The molecule has 2 rings (SSSR count). The molecule has 114 valence electrons. The molecule has 1 aromatic heterocycles. The molecule has 1 fully saturated rings. The van der Waals surface area contributed by atoms with Gasteiger partial charge in [0.1, 0.15) is 5.82 Å². The third-order valence-electron chi connectivity index (χ3n) is 3.89. The zero-order valence-electron chi connectivity index (χ0n) is 12.2. The number of halogens is 1. The fraction of sp³-hybridized carbons (Fsp3) is 0.846. The maximum absolute atomic E-state index is 11.6. The summed E-state index contributed by atoms with van der Waals surface area (Å²) < 4.78 is 25.0. The molecule has 0 saturated heterocycles. The predicted molar refractivity (Wildman–Crippen MR) is 78.3 cm³/mol. The molecule has 7 heteroatoms. The van der Waals surface area contributed by atoms with E-state index >= 15 is 0 Å². The van der Waals surface area contributed by atoms with E-state index in [1.165, 1.54) is 0 Å². The molecule has 5 nitrogen and oxygen atoms in total. The Morgan fingerprint density at radius 2 is 1.85 bits per heavy atom. The summed E-state index contributed by atoms with van der Waals surface area (Å²) in [6.07, 6.45) is 4.39. The molecule has 20 heavy (non-hydrogen) atoms. The number of hydrogen-bond acceptors (Lipinski definition) is 4. The number of hydrogen-bond donors (Lipinski definition) is 0. The fourth-order valence-corrected chi connectivity index (χ4v) is 3.75. The van der Waals surface area contributed by atoms with E-state index in [9.17, 15) is 8.42 Å². The highest BCUT2D eigenvalue weighted by atomic mass is 35.7. The minimum atomic E-state index is -3.85. The molecule has 0 spiro atoms. The van der Waals surface area contributed by atoms with Crippen LogP contribution in [0.2, 0.25) is 0 Å². The largest absolute Gasteiger partial charge is 0.300 e. The first-order valence-corrected chi connectivity index (χ1v) is 9.47. The molecule has 1 aliphatic carbocycles. The van der Waals surface area contributed by atoms with Gasteiger partial charge in [-0.15, -0.1) is 10.2 Å². The van der Waals surface area contributed by atoms with Crippen LogP contribution in [0, 0.1) is 11.8 Å². The second-order valence-electron chi connectivity index (χ2n) is 6.24. The Kier molecular flexibility index (Phi) is 4.74. The van der Waals surface area contributed by atoms with Gasteiger partial charge in [-0.2, -0.15) is 0 Å². The topological polar surface area (TPSA) is 64.8 Å². The van der Waals surface area contributed by atoms with Crippen LogP contribution in [0.1, 0.15) is 58.2 Å². The van der Waals surface area contributed by atoms with Gasteiger partial charge in [-0.05, 0) is 24.7 Å². The Bertz CT molecular complexity index is 560. The Morgan fingerprint density at radius 3 is 2.35 bits per heavy atom. The molecule has 1 aromatic rings. The zero-order valence-corrected chi connectivity index (χ0v) is 13.8. The molecular formula is C13H22ClN3O2S. The third-order valence-corrected chi connectivity index (χ3v) is 5.04. The summed E-state index contributed by atoms with van der Waals surface area (Å²) in [7, 11) is 1.63. The van der Waals surface area contributed by atoms with Crippen molar-refractivity contribution in [3.63, 3.8) is 0 Å². The lowest BCUT2D eigenvalue weighted by Gasteiger charge is -2.26. The molecule has 0 N–H and O–H groups in total. The van der Waals surface area contributed by atoms with Crippen LogP contribution in [0.25, 0.3) is 0 Å². The lowest BCUT2D eigenvalue weighted by molar-refractivity contribution is 0.327. The Labute approximate surface area is 125 Å². The number of aromatic nitrogens is 3. The van der Waals surface area contributed by atoms with Crippen molar-refractivity contribution < 1.29 is 8.42 Å². The number of rotatable bonds is 4. The van der Waals surface area contributed by atoms with E-state index < -0.39 is 9.05 Å². The van der Waals surface area contributed by atoms with E-state index in [1.54, 1.807) is 4.57 Å². The van der Waals surface area contributed by atoms with Crippen LogP contribution >= 0.6 is 10.7 Å². The average molecular weight is 320 g/mol. The van der Waals surface area contributed by atoms with Gasteiger partial charge in [0.2, 0.25) is 0 Å². The highest BCUT2D eigenvalue weighted by Crippen LogP contribution is 2.35. The SMILES string of the molecule is CC(C)Cn1c(C2CCC(C)CC2)nnc1S(=O)(=O)Cl. The van der Waals surface area contributed by atoms with Crippen molar-refractivity contribution in [1.82, 2.24) is 14.8 Å². The highest BCUT2D eigenvalue weighted by molar-refractivity contribution is 8.13. The standard InChI is InChI=1S/C13H22ClN3O2S/c1-9(2)8-17-12(11-6-4-10(3)5-7-11)15-16-13(17)20(14,18)19/h9-11H,4-8H2,1-3H3. The first-order valence-electron chi connectivity index (χ1n) is 7.16. The maximum atomic E-state index is 11.6. The van der Waals surface area contributed by atoms with Crippen LogP contribution in [0.3, 0.4) is 0 Å². The molecule has 0 bridgehead atoms. The van der Waals surface area contributed by atoms with Crippen molar-refractivity contribution in [2.45, 2.75) is 64.1 Å². The van der Waals surface area contributed by atoms with Gasteiger partial charge in [0.05, 0.1) is 0 Å². The second-order valence-corrected chi connectivity index (χ2v) is 8.70. The summed E-state index contributed by atoms with van der Waals surface area (Å²) >= 11 is 0. The molecular weight excluding hydrogens is 298 g/mol. The quantitative estimate of drug-likeness (QED) is 0.800. The molecule has 0 unspecified atom stereocenters. The summed E-state index contributed by atoms with van der Waals surface area (Å²) in [5, 5.41) is 7.85. The van der Waals surface area contributed by atoms with E-state index in [-0.39, 0.29) is 5.16 Å². The van der Waals surface area contributed by atoms with E-state index in [0.29, 0.717) is 18.4 Å². The molecule has 1 heterocycles. The van der Waals surface area contributed by atoms with Crippen LogP contribution in [0.5, 0.6) is 0 Å². The second kappa shape index (κ2) is 6.02. The highest BCUT2D eigenvalue weighted by Gasteiger charge is 2.29. The number of nitrogens with zero attached hydrogens (tertiary/aromatic N) is 3. The summed E-state index contributed by atoms with van der Waals surface area (Å²) in [6, 6.07) is 0. The van der Waals surface area contributed by atoms with Crippen molar-refractivity contribution in [2.75, 3.05) is 0 Å². The Morgan fingerprint density at radius 1 is 1.25 bits per heavy atom. The lowest BCUT2D eigenvalue weighted by Crippen LogP contribution is -2.19. The minimum Gasteiger partial charge on any atom is -0.300 e. The maximum Gasteiger partial charge on any atom is 0.296 e. The average Bonchev–Trinajstić information content (AvgIpc) is 2.72. The van der Waals surface area contributed by atoms with Gasteiger partial charge < -0.3 is 4.57 Å². The molecule has 0 atom stereocenters. The van der Waals surface area contributed by atoms with Gasteiger partial charge in [-0.1, -0.05) is 33.6 Å². The van der Waals surface area contributed by atoms with Gasteiger partial charge in [-0.25, -0.2) is 8.42 Å². The Hall–Kier alpha value is -0.620. The Balaban J connectivity index is 2.35. The molecule has 0 aliphatic heterocycles. The molecule has 1 aliphatic rings. The minimum absolute atomic E-state index is 0.110. The van der Waals surface area contributed by atoms with Gasteiger partial charge in [0.15, 0.2) is 0 Å².